The molecule has 0 radical (unpaired) electrons. The van der Waals surface area contributed by atoms with E-state index in [4.69, 9.17) is 10.5 Å². The van der Waals surface area contributed by atoms with Gasteiger partial charge in [0.15, 0.2) is 18.2 Å². The number of rotatable bonds is 3. The molecular weight excluding hydrogens is 247 g/mol. The molecule has 0 unspecified atom stereocenters. The van der Waals surface area contributed by atoms with Crippen LogP contribution in [0.2, 0.25) is 0 Å². The second kappa shape index (κ2) is 6.41. The zero-order valence-corrected chi connectivity index (χ0v) is 10.9. The molecule has 0 bridgehead atoms. The summed E-state index contributed by atoms with van der Waals surface area (Å²) >= 11 is 0. The number of amides is 1. The van der Waals surface area contributed by atoms with Crippen LogP contribution in [0.25, 0.3) is 0 Å². The summed E-state index contributed by atoms with van der Waals surface area (Å²) in [5, 5.41) is 0. The summed E-state index contributed by atoms with van der Waals surface area (Å²) in [6, 6.07) is 4.18. The van der Waals surface area contributed by atoms with Crippen molar-refractivity contribution in [2.45, 2.75) is 25.7 Å². The Hall–Kier alpha value is -1.78. The number of benzene rings is 1. The summed E-state index contributed by atoms with van der Waals surface area (Å²) in [5.74, 6) is -0.556. The molecule has 1 aliphatic heterocycles. The van der Waals surface area contributed by atoms with Crippen molar-refractivity contribution in [3.05, 3.63) is 24.0 Å². The van der Waals surface area contributed by atoms with E-state index in [9.17, 15) is 9.18 Å². The van der Waals surface area contributed by atoms with E-state index in [0.29, 0.717) is 5.69 Å². The van der Waals surface area contributed by atoms with Crippen LogP contribution in [0.4, 0.5) is 10.1 Å². The molecule has 0 spiro atoms. The Kier molecular flexibility index (Phi) is 4.60. The zero-order chi connectivity index (χ0) is 13.7. The Bertz CT molecular complexity index is 443. The van der Waals surface area contributed by atoms with Gasteiger partial charge < -0.3 is 15.4 Å². The fourth-order valence-electron chi connectivity index (χ4n) is 2.19. The number of likely N-dealkylation sites (tertiary alicyclic amines) is 1. The van der Waals surface area contributed by atoms with Gasteiger partial charge in [-0.25, -0.2) is 4.39 Å². The van der Waals surface area contributed by atoms with Crippen LogP contribution in [0.3, 0.4) is 0 Å². The zero-order valence-electron chi connectivity index (χ0n) is 10.9. The van der Waals surface area contributed by atoms with Gasteiger partial charge in [-0.2, -0.15) is 0 Å². The smallest absolute Gasteiger partial charge is 0.260 e. The fourth-order valence-corrected chi connectivity index (χ4v) is 2.19. The third-order valence-corrected chi connectivity index (χ3v) is 3.27. The first kappa shape index (κ1) is 13.6. The van der Waals surface area contributed by atoms with Gasteiger partial charge in [-0.05, 0) is 25.0 Å². The SMILES string of the molecule is Nc1ccc(OCC(=O)N2CCCCCC2)c(F)c1. The van der Waals surface area contributed by atoms with Crippen molar-refractivity contribution in [1.82, 2.24) is 4.90 Å². The number of carbonyl (C=O) groups is 1. The van der Waals surface area contributed by atoms with Crippen LogP contribution in [-0.4, -0.2) is 30.5 Å². The van der Waals surface area contributed by atoms with Crippen LogP contribution in [0, 0.1) is 5.82 Å². The maximum atomic E-state index is 13.5. The number of halogens is 1. The maximum absolute atomic E-state index is 13.5. The van der Waals surface area contributed by atoms with E-state index in [1.165, 1.54) is 12.1 Å². The molecule has 0 atom stereocenters. The summed E-state index contributed by atoms with van der Waals surface area (Å²) in [6.07, 6.45) is 4.39. The third kappa shape index (κ3) is 3.84. The minimum absolute atomic E-state index is 0.0670. The van der Waals surface area contributed by atoms with Crippen molar-refractivity contribution in [1.29, 1.82) is 0 Å². The molecule has 1 fully saturated rings. The Balaban J connectivity index is 1.88. The lowest BCUT2D eigenvalue weighted by molar-refractivity contribution is -0.133. The fraction of sp³-hybridized carbons (Fsp3) is 0.500. The van der Waals surface area contributed by atoms with Gasteiger partial charge in [-0.3, -0.25) is 4.79 Å². The number of hydrogen-bond donors (Lipinski definition) is 1. The van der Waals surface area contributed by atoms with Crippen molar-refractivity contribution >= 4 is 11.6 Å². The Labute approximate surface area is 112 Å². The predicted octanol–water partition coefficient (Wildman–Crippen LogP) is 2.19. The number of nitrogens with two attached hydrogens (primary N) is 1. The van der Waals surface area contributed by atoms with Gasteiger partial charge in [0.2, 0.25) is 0 Å². The lowest BCUT2D eigenvalue weighted by atomic mass is 10.2. The highest BCUT2D eigenvalue weighted by molar-refractivity contribution is 5.77. The van der Waals surface area contributed by atoms with E-state index in [-0.39, 0.29) is 18.3 Å². The number of hydrogen-bond acceptors (Lipinski definition) is 3. The number of anilines is 1. The molecule has 1 saturated heterocycles. The topological polar surface area (TPSA) is 55.6 Å². The highest BCUT2D eigenvalue weighted by Gasteiger charge is 2.16. The van der Waals surface area contributed by atoms with Crippen molar-refractivity contribution in [2.24, 2.45) is 0 Å². The largest absolute Gasteiger partial charge is 0.481 e. The highest BCUT2D eigenvalue weighted by Crippen LogP contribution is 2.19. The second-order valence-corrected chi connectivity index (χ2v) is 4.77. The Morgan fingerprint density at radius 3 is 2.58 bits per heavy atom. The third-order valence-electron chi connectivity index (χ3n) is 3.27. The average molecular weight is 266 g/mol. The van der Waals surface area contributed by atoms with Gasteiger partial charge in [-0.1, -0.05) is 12.8 Å². The van der Waals surface area contributed by atoms with Gasteiger partial charge in [0, 0.05) is 24.8 Å². The first-order chi connectivity index (χ1) is 9.16. The molecule has 1 heterocycles. The molecular formula is C14H19FN2O2. The van der Waals surface area contributed by atoms with Crippen molar-refractivity contribution < 1.29 is 13.9 Å². The van der Waals surface area contributed by atoms with Gasteiger partial charge in [0.05, 0.1) is 0 Å². The van der Waals surface area contributed by atoms with Crippen LogP contribution in [-0.2, 0) is 4.79 Å². The van der Waals surface area contributed by atoms with Crippen LogP contribution in [0.15, 0.2) is 18.2 Å². The molecule has 19 heavy (non-hydrogen) atoms. The second-order valence-electron chi connectivity index (χ2n) is 4.77. The van der Waals surface area contributed by atoms with E-state index in [1.54, 1.807) is 11.0 Å². The minimum Gasteiger partial charge on any atom is -0.481 e. The number of nitrogens with zero attached hydrogens (tertiary/aromatic N) is 1. The summed E-state index contributed by atoms with van der Waals surface area (Å²) in [7, 11) is 0. The van der Waals surface area contributed by atoms with E-state index < -0.39 is 5.82 Å². The number of nitrogen functional groups attached to an aromatic ring is 1. The molecule has 2 N–H and O–H groups in total. The summed E-state index contributed by atoms with van der Waals surface area (Å²) in [6.45, 7) is 1.42. The molecule has 0 saturated carbocycles. The van der Waals surface area contributed by atoms with Gasteiger partial charge in [0.25, 0.3) is 5.91 Å². The van der Waals surface area contributed by atoms with E-state index in [1.807, 2.05) is 0 Å². The Morgan fingerprint density at radius 2 is 1.95 bits per heavy atom. The van der Waals surface area contributed by atoms with E-state index in [2.05, 4.69) is 0 Å². The molecule has 104 valence electrons. The Morgan fingerprint density at radius 1 is 1.26 bits per heavy atom. The number of carbonyl (C=O) groups excluding carboxylic acids is 1. The molecule has 1 aliphatic rings. The van der Waals surface area contributed by atoms with Crippen molar-refractivity contribution in [3.8, 4) is 5.75 Å². The molecule has 1 amide bonds. The number of ether oxygens (including phenoxy) is 1. The minimum atomic E-state index is -0.538. The lowest BCUT2D eigenvalue weighted by Crippen LogP contribution is -2.35. The highest BCUT2D eigenvalue weighted by atomic mass is 19.1. The monoisotopic (exact) mass is 266 g/mol. The first-order valence-corrected chi connectivity index (χ1v) is 6.62. The first-order valence-electron chi connectivity index (χ1n) is 6.62. The molecule has 0 aromatic heterocycles. The summed E-state index contributed by atoms with van der Waals surface area (Å²) in [4.78, 5) is 13.8. The summed E-state index contributed by atoms with van der Waals surface area (Å²) in [5.41, 5.74) is 5.78. The average Bonchev–Trinajstić information content (AvgIpc) is 2.66. The molecule has 2 rings (SSSR count). The molecule has 1 aromatic rings. The standard InChI is InChI=1S/C14H19FN2O2/c15-12-9-11(16)5-6-13(12)19-10-14(18)17-7-3-1-2-4-8-17/h5-6,9H,1-4,7-8,10,16H2. The quantitative estimate of drug-likeness (QED) is 0.853. The van der Waals surface area contributed by atoms with Gasteiger partial charge in [0.1, 0.15) is 0 Å². The van der Waals surface area contributed by atoms with Gasteiger partial charge in [-0.15, -0.1) is 0 Å². The van der Waals surface area contributed by atoms with Gasteiger partial charge >= 0.3 is 0 Å². The lowest BCUT2D eigenvalue weighted by Gasteiger charge is -2.20. The normalized spacial score (nSPS) is 15.9. The molecule has 4 nitrogen and oxygen atoms in total. The predicted molar refractivity (Wildman–Crippen MR) is 71.4 cm³/mol. The molecule has 5 heteroatoms. The van der Waals surface area contributed by atoms with Crippen LogP contribution < -0.4 is 10.5 Å². The van der Waals surface area contributed by atoms with Crippen molar-refractivity contribution in [3.63, 3.8) is 0 Å². The van der Waals surface area contributed by atoms with E-state index >= 15 is 0 Å². The molecule has 0 aliphatic carbocycles. The van der Waals surface area contributed by atoms with E-state index in [0.717, 1.165) is 38.8 Å². The van der Waals surface area contributed by atoms with Crippen LogP contribution in [0.1, 0.15) is 25.7 Å². The van der Waals surface area contributed by atoms with Crippen LogP contribution in [0.5, 0.6) is 5.75 Å². The van der Waals surface area contributed by atoms with Crippen LogP contribution >= 0.6 is 0 Å². The maximum Gasteiger partial charge on any atom is 0.260 e. The molecule has 1 aromatic carbocycles. The van der Waals surface area contributed by atoms with Crippen molar-refractivity contribution in [2.75, 3.05) is 25.4 Å². The summed E-state index contributed by atoms with van der Waals surface area (Å²) < 4.78 is 18.7.